The minimum Gasteiger partial charge on any atom is -0.480 e. The summed E-state index contributed by atoms with van der Waals surface area (Å²) in [5.41, 5.74) is 17.2. The highest BCUT2D eigenvalue weighted by Crippen LogP contribution is 2.19. The van der Waals surface area contributed by atoms with Gasteiger partial charge < -0.3 is 37.8 Å². The predicted molar refractivity (Wildman–Crippen MR) is 138 cm³/mol. The van der Waals surface area contributed by atoms with E-state index in [0.717, 1.165) is 5.56 Å². The third-order valence-electron chi connectivity index (χ3n) is 5.83. The van der Waals surface area contributed by atoms with Gasteiger partial charge >= 0.3 is 5.97 Å². The summed E-state index contributed by atoms with van der Waals surface area (Å²) in [6, 6.07) is 5.00. The molecule has 0 saturated carbocycles. The van der Waals surface area contributed by atoms with Crippen molar-refractivity contribution >= 4 is 42.3 Å². The monoisotopic (exact) mass is 521 g/mol. The number of carbonyl (C=O) groups excluding carboxylic acids is 3. The Kier molecular flexibility index (Phi) is 11.5. The second-order valence-corrected chi connectivity index (χ2v) is 8.94. The molecular weight excluding hydrogens is 486 g/mol. The molecule has 1 aliphatic heterocycles. The zero-order valence-electron chi connectivity index (χ0n) is 20.0. The highest BCUT2D eigenvalue weighted by atomic mass is 32.1. The van der Waals surface area contributed by atoms with Crippen LogP contribution in [0.1, 0.15) is 31.2 Å². The lowest BCUT2D eigenvalue weighted by Crippen LogP contribution is -2.57. The standard InChI is InChI=1S/C23H35N7O5S/c24-15(13-36)21(33)30-11-5-9-18(30)20(32)28-16(8-4-10-27-23(25)26)19(31)29-17(22(34)35)12-14-6-2-1-3-7-14/h1-3,6-7,15-18,36H,4-5,8-13,24H2,(H,28,32)(H,29,31)(H,34,35)(H4,25,26,27). The minimum atomic E-state index is -1.20. The van der Waals surface area contributed by atoms with Crippen molar-refractivity contribution in [2.24, 2.45) is 22.2 Å². The number of hydrogen-bond donors (Lipinski definition) is 7. The molecule has 0 radical (unpaired) electrons. The molecule has 1 aromatic rings. The number of nitrogens with two attached hydrogens (primary N) is 3. The summed E-state index contributed by atoms with van der Waals surface area (Å²) in [6.45, 7) is 0.594. The van der Waals surface area contributed by atoms with E-state index in [4.69, 9.17) is 17.2 Å². The molecule has 13 heteroatoms. The van der Waals surface area contributed by atoms with Crippen LogP contribution in [0.4, 0.5) is 0 Å². The number of hydrogen-bond acceptors (Lipinski definition) is 7. The maximum atomic E-state index is 13.1. The van der Waals surface area contributed by atoms with Crippen LogP contribution in [0, 0.1) is 0 Å². The molecule has 0 spiro atoms. The van der Waals surface area contributed by atoms with Crippen molar-refractivity contribution in [2.45, 2.75) is 56.3 Å². The average Bonchev–Trinajstić information content (AvgIpc) is 3.34. The maximum absolute atomic E-state index is 13.1. The molecule has 1 aromatic carbocycles. The molecule has 4 atom stereocenters. The first-order valence-corrected chi connectivity index (χ1v) is 12.4. The zero-order valence-corrected chi connectivity index (χ0v) is 20.9. The van der Waals surface area contributed by atoms with E-state index in [1.807, 2.05) is 0 Å². The lowest BCUT2D eigenvalue weighted by molar-refractivity contribution is -0.143. The van der Waals surface area contributed by atoms with Crippen LogP contribution < -0.4 is 27.8 Å². The third kappa shape index (κ3) is 8.72. The molecule has 36 heavy (non-hydrogen) atoms. The highest BCUT2D eigenvalue weighted by molar-refractivity contribution is 7.80. The molecule has 0 aromatic heterocycles. The number of carboxylic acids is 1. The fraction of sp³-hybridized carbons (Fsp3) is 0.522. The number of guanidine groups is 1. The van der Waals surface area contributed by atoms with Crippen molar-refractivity contribution < 1.29 is 24.3 Å². The molecule has 1 aliphatic rings. The molecule has 1 fully saturated rings. The average molecular weight is 522 g/mol. The molecule has 198 valence electrons. The normalized spacial score (nSPS) is 17.5. The summed E-state index contributed by atoms with van der Waals surface area (Å²) in [7, 11) is 0. The first-order valence-electron chi connectivity index (χ1n) is 11.7. The van der Waals surface area contributed by atoms with E-state index in [0.29, 0.717) is 25.8 Å². The van der Waals surface area contributed by atoms with Crippen LogP contribution in [0.15, 0.2) is 35.3 Å². The predicted octanol–water partition coefficient (Wildman–Crippen LogP) is -1.41. The molecule has 3 amide bonds. The molecule has 0 aliphatic carbocycles. The van der Waals surface area contributed by atoms with Gasteiger partial charge in [0, 0.05) is 25.3 Å². The van der Waals surface area contributed by atoms with Gasteiger partial charge in [-0.25, -0.2) is 4.79 Å². The van der Waals surface area contributed by atoms with Crippen molar-refractivity contribution in [1.29, 1.82) is 0 Å². The van der Waals surface area contributed by atoms with Gasteiger partial charge in [0.1, 0.15) is 18.1 Å². The second kappa shape index (κ2) is 14.3. The topological polar surface area (TPSA) is 206 Å². The number of aliphatic imine (C=N–C) groups is 1. The van der Waals surface area contributed by atoms with Gasteiger partial charge in [0.15, 0.2) is 5.96 Å². The van der Waals surface area contributed by atoms with Crippen LogP contribution in [0.3, 0.4) is 0 Å². The van der Waals surface area contributed by atoms with Gasteiger partial charge in [-0.05, 0) is 31.2 Å². The minimum absolute atomic E-state index is 0.0725. The van der Waals surface area contributed by atoms with E-state index in [9.17, 15) is 24.3 Å². The Bertz CT molecular complexity index is 942. The molecule has 9 N–H and O–H groups in total. The summed E-state index contributed by atoms with van der Waals surface area (Å²) in [4.78, 5) is 55.9. The number of carbonyl (C=O) groups is 4. The maximum Gasteiger partial charge on any atom is 0.326 e. The van der Waals surface area contributed by atoms with Gasteiger partial charge in [-0.1, -0.05) is 30.3 Å². The van der Waals surface area contributed by atoms with Crippen molar-refractivity contribution in [3.63, 3.8) is 0 Å². The first kappa shape index (κ1) is 28.9. The Morgan fingerprint density at radius 1 is 1.14 bits per heavy atom. The highest BCUT2D eigenvalue weighted by Gasteiger charge is 2.37. The Morgan fingerprint density at radius 2 is 1.83 bits per heavy atom. The summed E-state index contributed by atoms with van der Waals surface area (Å²) in [5.74, 6) is -2.72. The van der Waals surface area contributed by atoms with Crippen molar-refractivity contribution in [3.8, 4) is 0 Å². The fourth-order valence-electron chi connectivity index (χ4n) is 3.96. The second-order valence-electron chi connectivity index (χ2n) is 8.58. The van der Waals surface area contributed by atoms with Crippen LogP contribution in [0.25, 0.3) is 0 Å². The number of carboxylic acid groups (broad SMARTS) is 1. The van der Waals surface area contributed by atoms with Crippen LogP contribution >= 0.6 is 12.6 Å². The Labute approximate surface area is 215 Å². The number of rotatable bonds is 13. The Hall–Kier alpha value is -3.32. The molecule has 1 saturated heterocycles. The van der Waals surface area contributed by atoms with Crippen molar-refractivity contribution in [1.82, 2.24) is 15.5 Å². The third-order valence-corrected chi connectivity index (χ3v) is 6.22. The van der Waals surface area contributed by atoms with Gasteiger partial charge in [0.2, 0.25) is 17.7 Å². The number of likely N-dealkylation sites (tertiary alicyclic amines) is 1. The number of thiol groups is 1. The van der Waals surface area contributed by atoms with Gasteiger partial charge in [-0.2, -0.15) is 12.6 Å². The van der Waals surface area contributed by atoms with E-state index in [1.54, 1.807) is 30.3 Å². The van der Waals surface area contributed by atoms with E-state index in [-0.39, 0.29) is 37.0 Å². The van der Waals surface area contributed by atoms with Crippen LogP contribution in [0.2, 0.25) is 0 Å². The van der Waals surface area contributed by atoms with Gasteiger partial charge in [0.05, 0.1) is 6.04 Å². The van der Waals surface area contributed by atoms with Gasteiger partial charge in [-0.3, -0.25) is 19.4 Å². The number of aliphatic carboxylic acids is 1. The Morgan fingerprint density at radius 3 is 2.44 bits per heavy atom. The molecule has 4 unspecified atom stereocenters. The zero-order chi connectivity index (χ0) is 26.7. The van der Waals surface area contributed by atoms with Crippen molar-refractivity contribution in [3.05, 3.63) is 35.9 Å². The number of benzene rings is 1. The largest absolute Gasteiger partial charge is 0.480 e. The van der Waals surface area contributed by atoms with Crippen LogP contribution in [-0.2, 0) is 25.6 Å². The lowest BCUT2D eigenvalue weighted by Gasteiger charge is -2.28. The fourth-order valence-corrected chi connectivity index (χ4v) is 4.11. The van der Waals surface area contributed by atoms with E-state index < -0.39 is 42.0 Å². The quantitative estimate of drug-likeness (QED) is 0.0708. The lowest BCUT2D eigenvalue weighted by atomic mass is 10.0. The SMILES string of the molecule is NC(N)=NCCCC(NC(=O)C1CCCN1C(=O)C(N)CS)C(=O)NC(Cc1ccccc1)C(=O)O. The van der Waals surface area contributed by atoms with Crippen LogP contribution in [-0.4, -0.2) is 82.7 Å². The number of nitrogens with one attached hydrogen (secondary N) is 2. The van der Waals surface area contributed by atoms with Crippen LogP contribution in [0.5, 0.6) is 0 Å². The van der Waals surface area contributed by atoms with Gasteiger partial charge in [-0.15, -0.1) is 0 Å². The van der Waals surface area contributed by atoms with Crippen molar-refractivity contribution in [2.75, 3.05) is 18.8 Å². The molecular formula is C23H35N7O5S. The molecule has 12 nitrogen and oxygen atoms in total. The van der Waals surface area contributed by atoms with E-state index in [1.165, 1.54) is 4.90 Å². The molecule has 1 heterocycles. The summed E-state index contributed by atoms with van der Waals surface area (Å²) >= 11 is 4.05. The Balaban J connectivity index is 2.13. The van der Waals surface area contributed by atoms with E-state index >= 15 is 0 Å². The smallest absolute Gasteiger partial charge is 0.326 e. The number of amides is 3. The molecule has 0 bridgehead atoms. The van der Waals surface area contributed by atoms with E-state index in [2.05, 4.69) is 28.3 Å². The summed E-state index contributed by atoms with van der Waals surface area (Å²) < 4.78 is 0. The summed E-state index contributed by atoms with van der Waals surface area (Å²) in [6.07, 6.45) is 1.62. The number of nitrogens with zero attached hydrogens (tertiary/aromatic N) is 2. The summed E-state index contributed by atoms with van der Waals surface area (Å²) in [5, 5.41) is 14.9. The first-order chi connectivity index (χ1) is 17.1. The molecule has 2 rings (SSSR count). The van der Waals surface area contributed by atoms with Gasteiger partial charge in [0.25, 0.3) is 0 Å².